The Balaban J connectivity index is 1.21. The lowest BCUT2D eigenvalue weighted by Gasteiger charge is -2.38. The molecule has 1 amide bonds. The summed E-state index contributed by atoms with van der Waals surface area (Å²) >= 11 is 0. The first-order chi connectivity index (χ1) is 15.1. The smallest absolute Gasteiger partial charge is 0.263 e. The van der Waals surface area contributed by atoms with Crippen molar-refractivity contribution in [2.75, 3.05) is 26.3 Å². The van der Waals surface area contributed by atoms with Crippen LogP contribution < -0.4 is 4.74 Å². The molecule has 1 aromatic heterocycles. The summed E-state index contributed by atoms with van der Waals surface area (Å²) in [4.78, 5) is 23.8. The normalized spacial score (nSPS) is 18.9. The maximum atomic E-state index is 12.8. The van der Waals surface area contributed by atoms with E-state index in [0.717, 1.165) is 22.3 Å². The Morgan fingerprint density at radius 2 is 1.71 bits per heavy atom. The van der Waals surface area contributed by atoms with E-state index in [4.69, 9.17) is 14.2 Å². The zero-order chi connectivity index (χ0) is 21.3. The van der Waals surface area contributed by atoms with Gasteiger partial charge < -0.3 is 19.1 Å². The predicted octanol–water partition coefficient (Wildman–Crippen LogP) is 3.43. The number of hydrogen-bond acceptors (Lipinski definition) is 6. The number of aromatic nitrogens is 2. The van der Waals surface area contributed by atoms with Crippen molar-refractivity contribution in [3.63, 3.8) is 0 Å². The molecular weight excluding hydrogens is 394 g/mol. The number of benzene rings is 2. The molecule has 7 nitrogen and oxygen atoms in total. The first-order valence-corrected chi connectivity index (χ1v) is 10.7. The van der Waals surface area contributed by atoms with Crippen LogP contribution >= 0.6 is 0 Å². The molecule has 7 heteroatoms. The van der Waals surface area contributed by atoms with Gasteiger partial charge in [0.1, 0.15) is 5.75 Å². The molecule has 2 aromatic carbocycles. The molecule has 2 aliphatic rings. The van der Waals surface area contributed by atoms with Crippen LogP contribution in [-0.4, -0.2) is 59.0 Å². The molecule has 0 saturated carbocycles. The molecule has 0 N–H and O–H groups in total. The van der Waals surface area contributed by atoms with Crippen LogP contribution in [0.2, 0.25) is 0 Å². The molecule has 0 unspecified atom stereocenters. The maximum Gasteiger partial charge on any atom is 0.263 e. The fourth-order valence-corrected chi connectivity index (χ4v) is 4.17. The summed E-state index contributed by atoms with van der Waals surface area (Å²) in [6.07, 6.45) is 2.61. The molecule has 31 heavy (non-hydrogen) atoms. The summed E-state index contributed by atoms with van der Waals surface area (Å²) in [6.45, 7) is 4.29. The number of carbonyl (C=O) groups excluding carboxylic acids is 1. The largest absolute Gasteiger partial charge is 0.481 e. The number of piperidine rings is 1. The first kappa shape index (κ1) is 19.9. The summed E-state index contributed by atoms with van der Waals surface area (Å²) in [6, 6.07) is 15.4. The fourth-order valence-electron chi connectivity index (χ4n) is 4.17. The zero-order valence-corrected chi connectivity index (χ0v) is 17.5. The van der Waals surface area contributed by atoms with Gasteiger partial charge in [-0.1, -0.05) is 12.1 Å². The highest BCUT2D eigenvalue weighted by Gasteiger charge is 2.41. The van der Waals surface area contributed by atoms with E-state index in [1.165, 1.54) is 0 Å². The minimum absolute atomic E-state index is 0.0164. The minimum Gasteiger partial charge on any atom is -0.481 e. The molecule has 1 atom stereocenters. The molecule has 3 aromatic rings. The summed E-state index contributed by atoms with van der Waals surface area (Å²) < 4.78 is 17.4. The number of amides is 1. The van der Waals surface area contributed by atoms with Gasteiger partial charge in [-0.25, -0.2) is 4.98 Å². The fraction of sp³-hybridized carbons (Fsp3) is 0.375. The molecule has 0 aliphatic carbocycles. The van der Waals surface area contributed by atoms with Crippen molar-refractivity contribution >= 4 is 16.9 Å². The number of para-hydroxylation sites is 2. The molecule has 0 radical (unpaired) electrons. The van der Waals surface area contributed by atoms with Crippen molar-refractivity contribution in [3.05, 3.63) is 54.7 Å². The van der Waals surface area contributed by atoms with Gasteiger partial charge in [0.15, 0.2) is 11.9 Å². The third-order valence-corrected chi connectivity index (χ3v) is 5.91. The highest BCUT2D eigenvalue weighted by Crippen LogP contribution is 2.31. The molecule has 1 spiro atoms. The van der Waals surface area contributed by atoms with Crippen LogP contribution in [0.3, 0.4) is 0 Å². The van der Waals surface area contributed by atoms with E-state index in [0.29, 0.717) is 44.9 Å². The molecule has 2 fully saturated rings. The molecule has 5 rings (SSSR count). The number of carbonyl (C=O) groups is 1. The molecule has 0 bridgehead atoms. The highest BCUT2D eigenvalue weighted by atomic mass is 16.7. The van der Waals surface area contributed by atoms with E-state index in [-0.39, 0.29) is 5.91 Å². The van der Waals surface area contributed by atoms with Crippen molar-refractivity contribution in [2.45, 2.75) is 31.7 Å². The average Bonchev–Trinajstić information content (AvgIpc) is 3.27. The van der Waals surface area contributed by atoms with E-state index in [2.05, 4.69) is 9.97 Å². The lowest BCUT2D eigenvalue weighted by atomic mass is 10.0. The second-order valence-electron chi connectivity index (χ2n) is 7.96. The van der Waals surface area contributed by atoms with Gasteiger partial charge in [-0.3, -0.25) is 9.78 Å². The summed E-state index contributed by atoms with van der Waals surface area (Å²) in [5.41, 5.74) is 3.47. The lowest BCUT2D eigenvalue weighted by Crippen LogP contribution is -2.50. The van der Waals surface area contributed by atoms with E-state index in [1.54, 1.807) is 13.1 Å². The topological polar surface area (TPSA) is 73.8 Å². The van der Waals surface area contributed by atoms with Crippen LogP contribution in [0.4, 0.5) is 0 Å². The van der Waals surface area contributed by atoms with Gasteiger partial charge in [0, 0.05) is 31.5 Å². The van der Waals surface area contributed by atoms with Crippen molar-refractivity contribution in [1.82, 2.24) is 14.9 Å². The number of nitrogens with zero attached hydrogens (tertiary/aromatic N) is 3. The van der Waals surface area contributed by atoms with Crippen LogP contribution in [0.15, 0.2) is 54.7 Å². The van der Waals surface area contributed by atoms with E-state index in [9.17, 15) is 4.79 Å². The van der Waals surface area contributed by atoms with Crippen molar-refractivity contribution in [3.8, 4) is 17.0 Å². The lowest BCUT2D eigenvalue weighted by molar-refractivity contribution is -0.188. The first-order valence-electron chi connectivity index (χ1n) is 10.7. The second-order valence-corrected chi connectivity index (χ2v) is 7.96. The van der Waals surface area contributed by atoms with Crippen LogP contribution in [-0.2, 0) is 14.3 Å². The van der Waals surface area contributed by atoms with E-state index >= 15 is 0 Å². The van der Waals surface area contributed by atoms with Crippen LogP contribution in [0.1, 0.15) is 19.8 Å². The molecule has 2 saturated heterocycles. The van der Waals surface area contributed by atoms with Gasteiger partial charge in [-0.2, -0.15) is 0 Å². The molecule has 3 heterocycles. The summed E-state index contributed by atoms with van der Waals surface area (Å²) in [5.74, 6) is 0.147. The Morgan fingerprint density at radius 1 is 1.03 bits per heavy atom. The molecule has 160 valence electrons. The Morgan fingerprint density at radius 3 is 2.42 bits per heavy atom. The Bertz CT molecular complexity index is 1070. The quantitative estimate of drug-likeness (QED) is 0.645. The van der Waals surface area contributed by atoms with Crippen molar-refractivity contribution in [1.29, 1.82) is 0 Å². The van der Waals surface area contributed by atoms with Gasteiger partial charge in [0.2, 0.25) is 0 Å². The van der Waals surface area contributed by atoms with Crippen molar-refractivity contribution in [2.24, 2.45) is 0 Å². The number of ether oxygens (including phenoxy) is 3. The van der Waals surface area contributed by atoms with Gasteiger partial charge in [0.05, 0.1) is 36.1 Å². The van der Waals surface area contributed by atoms with E-state index < -0.39 is 11.9 Å². The average molecular weight is 419 g/mol. The number of likely N-dealkylation sites (tertiary alicyclic amines) is 1. The van der Waals surface area contributed by atoms with Gasteiger partial charge in [0.25, 0.3) is 5.91 Å². The second kappa shape index (κ2) is 8.24. The van der Waals surface area contributed by atoms with Gasteiger partial charge >= 0.3 is 0 Å². The standard InChI is InChI=1S/C24H25N3O4/c1-17(23(28)27-12-10-24(11-13-27)29-14-15-30-24)31-19-8-6-18(7-9-19)22-16-25-20-4-2-3-5-21(20)26-22/h2-9,16-17H,10-15H2,1H3/t17-/m0/s1. The Hall–Kier alpha value is -3.03. The van der Waals surface area contributed by atoms with Crippen LogP contribution in [0.25, 0.3) is 22.3 Å². The summed E-state index contributed by atoms with van der Waals surface area (Å²) in [5, 5.41) is 0. The highest BCUT2D eigenvalue weighted by molar-refractivity contribution is 5.81. The van der Waals surface area contributed by atoms with Gasteiger partial charge in [-0.15, -0.1) is 0 Å². The zero-order valence-electron chi connectivity index (χ0n) is 17.5. The number of hydrogen-bond donors (Lipinski definition) is 0. The van der Waals surface area contributed by atoms with Gasteiger partial charge in [-0.05, 0) is 43.3 Å². The number of fused-ring (bicyclic) bond motifs is 1. The van der Waals surface area contributed by atoms with E-state index in [1.807, 2.05) is 53.4 Å². The third kappa shape index (κ3) is 4.11. The van der Waals surface area contributed by atoms with Crippen LogP contribution in [0.5, 0.6) is 5.75 Å². The monoisotopic (exact) mass is 419 g/mol. The Kier molecular flexibility index (Phi) is 5.29. The molecular formula is C24H25N3O4. The predicted molar refractivity (Wildman–Crippen MR) is 116 cm³/mol. The SMILES string of the molecule is C[C@H](Oc1ccc(-c2cnc3ccccc3n2)cc1)C(=O)N1CCC2(CC1)OCCO2. The minimum atomic E-state index is -0.564. The third-order valence-electron chi connectivity index (χ3n) is 5.91. The molecule has 2 aliphatic heterocycles. The van der Waals surface area contributed by atoms with Crippen molar-refractivity contribution < 1.29 is 19.0 Å². The van der Waals surface area contributed by atoms with Crippen LogP contribution in [0, 0.1) is 0 Å². The summed E-state index contributed by atoms with van der Waals surface area (Å²) in [7, 11) is 0. The number of rotatable bonds is 4. The maximum absolute atomic E-state index is 12.8. The Labute approximate surface area is 181 Å².